The summed E-state index contributed by atoms with van der Waals surface area (Å²) in [5, 5.41) is 0. The van der Waals surface area contributed by atoms with E-state index in [4.69, 9.17) is 0 Å². The van der Waals surface area contributed by atoms with Gasteiger partial charge in [-0.05, 0) is 50.4 Å². The Kier molecular flexibility index (Phi) is 2.34. The third kappa shape index (κ3) is 2.00. The lowest BCUT2D eigenvalue weighted by Crippen LogP contribution is -1.97. The van der Waals surface area contributed by atoms with E-state index < -0.39 is 0 Å². The molecular formula is C12H18. The molecule has 0 heteroatoms. The molecule has 0 aliphatic heterocycles. The van der Waals surface area contributed by atoms with Gasteiger partial charge >= 0.3 is 0 Å². The lowest BCUT2D eigenvalue weighted by molar-refractivity contribution is 0.476. The Labute approximate surface area is 75.4 Å². The smallest absolute Gasteiger partial charge is 0.0260 e. The van der Waals surface area contributed by atoms with Crippen LogP contribution in [0.4, 0.5) is 0 Å². The first-order chi connectivity index (χ1) is 5.91. The van der Waals surface area contributed by atoms with Crippen LogP contribution in [0.2, 0.25) is 0 Å². The first-order valence-electron chi connectivity index (χ1n) is 5.21. The van der Waals surface area contributed by atoms with Gasteiger partial charge in [-0.2, -0.15) is 0 Å². The summed E-state index contributed by atoms with van der Waals surface area (Å²) < 4.78 is 0. The van der Waals surface area contributed by atoms with Gasteiger partial charge in [-0.15, -0.1) is 0 Å². The topological polar surface area (TPSA) is 0 Å². The van der Waals surface area contributed by atoms with Crippen molar-refractivity contribution in [2.24, 2.45) is 5.41 Å². The molecule has 0 unspecified atom stereocenters. The molecule has 2 rings (SSSR count). The lowest BCUT2D eigenvalue weighted by Gasteiger charge is -2.11. The highest BCUT2D eigenvalue weighted by molar-refractivity contribution is 5.02. The van der Waals surface area contributed by atoms with Crippen LogP contribution in [-0.4, -0.2) is 0 Å². The second kappa shape index (κ2) is 3.47. The summed E-state index contributed by atoms with van der Waals surface area (Å²) in [7, 11) is 0. The average Bonchev–Trinajstić information content (AvgIpc) is 2.84. The summed E-state index contributed by atoms with van der Waals surface area (Å²) in [5.74, 6) is 0. The van der Waals surface area contributed by atoms with E-state index in [0.717, 1.165) is 5.41 Å². The number of rotatable bonds is 0. The van der Waals surface area contributed by atoms with Gasteiger partial charge in [0.2, 0.25) is 0 Å². The van der Waals surface area contributed by atoms with Gasteiger partial charge in [0.1, 0.15) is 0 Å². The highest BCUT2D eigenvalue weighted by Gasteiger charge is 2.40. The molecule has 2 aliphatic carbocycles. The molecule has 2 aliphatic rings. The highest BCUT2D eigenvalue weighted by Crippen LogP contribution is 2.53. The molecule has 0 aromatic carbocycles. The Bertz CT molecular complexity index is 194. The maximum Gasteiger partial charge on any atom is -0.0260 e. The normalized spacial score (nSPS) is 27.3. The highest BCUT2D eigenvalue weighted by atomic mass is 14.4. The molecule has 12 heavy (non-hydrogen) atoms. The molecular weight excluding hydrogens is 144 g/mol. The summed E-state index contributed by atoms with van der Waals surface area (Å²) in [6.07, 6.45) is 19.0. The third-order valence-electron chi connectivity index (χ3n) is 3.18. The van der Waals surface area contributed by atoms with Crippen molar-refractivity contribution in [3.63, 3.8) is 0 Å². The zero-order valence-corrected chi connectivity index (χ0v) is 7.76. The van der Waals surface area contributed by atoms with Crippen molar-refractivity contribution in [2.45, 2.75) is 44.9 Å². The molecule has 1 saturated carbocycles. The summed E-state index contributed by atoms with van der Waals surface area (Å²) in [6.45, 7) is 0. The fraction of sp³-hybridized carbons (Fsp3) is 0.667. The van der Waals surface area contributed by atoms with Gasteiger partial charge in [0.25, 0.3) is 0 Å². The molecule has 0 heterocycles. The number of allylic oxidation sites excluding steroid dienone is 4. The maximum atomic E-state index is 2.41. The van der Waals surface area contributed by atoms with Crippen LogP contribution >= 0.6 is 0 Å². The number of hydrogen-bond acceptors (Lipinski definition) is 0. The summed E-state index contributed by atoms with van der Waals surface area (Å²) in [4.78, 5) is 0. The van der Waals surface area contributed by atoms with Gasteiger partial charge in [0.05, 0.1) is 0 Å². The minimum Gasteiger partial charge on any atom is -0.0885 e. The summed E-state index contributed by atoms with van der Waals surface area (Å²) in [6, 6.07) is 0. The van der Waals surface area contributed by atoms with E-state index in [1.54, 1.807) is 0 Å². The van der Waals surface area contributed by atoms with Crippen LogP contribution in [0.1, 0.15) is 44.9 Å². The van der Waals surface area contributed by atoms with E-state index in [9.17, 15) is 0 Å². The van der Waals surface area contributed by atoms with Gasteiger partial charge in [-0.3, -0.25) is 0 Å². The standard InChI is InChI=1S/C12H18/c1-2-4-6-8-12(10-11-12)9-7-5-3-1/h2,4-5,7H,1,3,6,8-11H2. The molecule has 0 nitrogen and oxygen atoms in total. The molecule has 1 spiro atoms. The lowest BCUT2D eigenvalue weighted by atomic mass is 9.95. The van der Waals surface area contributed by atoms with Crippen LogP contribution in [0.5, 0.6) is 0 Å². The Morgan fingerprint density at radius 1 is 0.667 bits per heavy atom. The van der Waals surface area contributed by atoms with Gasteiger partial charge in [-0.1, -0.05) is 24.3 Å². The van der Waals surface area contributed by atoms with Crippen LogP contribution in [-0.2, 0) is 0 Å². The van der Waals surface area contributed by atoms with Crippen LogP contribution in [0.3, 0.4) is 0 Å². The zero-order chi connectivity index (χ0) is 8.28. The quantitative estimate of drug-likeness (QED) is 0.475. The van der Waals surface area contributed by atoms with E-state index in [1.165, 1.54) is 44.9 Å². The number of hydrogen-bond donors (Lipinski definition) is 0. The van der Waals surface area contributed by atoms with Crippen molar-refractivity contribution in [3.05, 3.63) is 24.3 Å². The van der Waals surface area contributed by atoms with Crippen LogP contribution in [0.25, 0.3) is 0 Å². The second-order valence-corrected chi connectivity index (χ2v) is 4.26. The second-order valence-electron chi connectivity index (χ2n) is 4.26. The first-order valence-corrected chi connectivity index (χ1v) is 5.21. The predicted octanol–water partition coefficient (Wildman–Crippen LogP) is 3.84. The minimum absolute atomic E-state index is 0.748. The molecule has 0 atom stereocenters. The zero-order valence-electron chi connectivity index (χ0n) is 7.76. The molecule has 0 radical (unpaired) electrons. The Morgan fingerprint density at radius 3 is 2.08 bits per heavy atom. The minimum atomic E-state index is 0.748. The van der Waals surface area contributed by atoms with Crippen molar-refractivity contribution in [1.29, 1.82) is 0 Å². The van der Waals surface area contributed by atoms with E-state index in [1.807, 2.05) is 0 Å². The van der Waals surface area contributed by atoms with Crippen LogP contribution in [0.15, 0.2) is 24.3 Å². The predicted molar refractivity (Wildman–Crippen MR) is 53.0 cm³/mol. The molecule has 0 amide bonds. The maximum absolute atomic E-state index is 2.41. The molecule has 66 valence electrons. The van der Waals surface area contributed by atoms with Crippen molar-refractivity contribution in [1.82, 2.24) is 0 Å². The van der Waals surface area contributed by atoms with Gasteiger partial charge in [0.15, 0.2) is 0 Å². The van der Waals surface area contributed by atoms with Crippen molar-refractivity contribution in [3.8, 4) is 0 Å². The molecule has 0 saturated heterocycles. The van der Waals surface area contributed by atoms with E-state index >= 15 is 0 Å². The largest absolute Gasteiger partial charge is 0.0885 e. The molecule has 0 N–H and O–H groups in total. The van der Waals surface area contributed by atoms with E-state index in [-0.39, 0.29) is 0 Å². The first kappa shape index (κ1) is 8.10. The Balaban J connectivity index is 1.93. The average molecular weight is 162 g/mol. The van der Waals surface area contributed by atoms with Crippen molar-refractivity contribution < 1.29 is 0 Å². The Morgan fingerprint density at radius 2 is 1.33 bits per heavy atom. The monoisotopic (exact) mass is 162 g/mol. The van der Waals surface area contributed by atoms with Gasteiger partial charge in [-0.25, -0.2) is 0 Å². The van der Waals surface area contributed by atoms with Gasteiger partial charge in [0, 0.05) is 0 Å². The molecule has 0 aromatic heterocycles. The third-order valence-corrected chi connectivity index (χ3v) is 3.18. The van der Waals surface area contributed by atoms with Crippen molar-refractivity contribution >= 4 is 0 Å². The van der Waals surface area contributed by atoms with Crippen LogP contribution < -0.4 is 0 Å². The Hall–Kier alpha value is -0.520. The molecule has 1 fully saturated rings. The van der Waals surface area contributed by atoms with Crippen LogP contribution in [0, 0.1) is 5.41 Å². The summed E-state index contributed by atoms with van der Waals surface area (Å²) in [5.41, 5.74) is 0.748. The fourth-order valence-electron chi connectivity index (χ4n) is 2.00. The van der Waals surface area contributed by atoms with Crippen molar-refractivity contribution in [2.75, 3.05) is 0 Å². The molecule has 0 aromatic rings. The molecule has 0 bridgehead atoms. The van der Waals surface area contributed by atoms with E-state index in [2.05, 4.69) is 24.3 Å². The van der Waals surface area contributed by atoms with E-state index in [0.29, 0.717) is 0 Å². The summed E-state index contributed by atoms with van der Waals surface area (Å²) >= 11 is 0. The fourth-order valence-corrected chi connectivity index (χ4v) is 2.00. The SMILES string of the molecule is C1=CCCC2(CC=CCC1)CC2. The van der Waals surface area contributed by atoms with Gasteiger partial charge < -0.3 is 0 Å².